The van der Waals surface area contributed by atoms with Crippen LogP contribution in [-0.2, 0) is 21.4 Å². The molecule has 34 heavy (non-hydrogen) atoms. The van der Waals surface area contributed by atoms with Crippen LogP contribution in [-0.4, -0.2) is 25.3 Å². The number of hydrogen-bond acceptors (Lipinski definition) is 5. The molecule has 2 aromatic heterocycles. The summed E-state index contributed by atoms with van der Waals surface area (Å²) in [6, 6.07) is 22.0. The van der Waals surface area contributed by atoms with E-state index in [1.54, 1.807) is 53.2 Å². The van der Waals surface area contributed by atoms with E-state index in [-0.39, 0.29) is 23.6 Å². The van der Waals surface area contributed by atoms with Crippen LogP contribution >= 0.6 is 0 Å². The van der Waals surface area contributed by atoms with Crippen molar-refractivity contribution in [3.05, 3.63) is 115 Å². The fourth-order valence-electron chi connectivity index (χ4n) is 3.61. The minimum atomic E-state index is -3.96. The second-order valence-electron chi connectivity index (χ2n) is 7.40. The highest BCUT2D eigenvalue weighted by Gasteiger charge is 2.25. The molecule has 0 aliphatic heterocycles. The van der Waals surface area contributed by atoms with Crippen LogP contribution in [0.5, 0.6) is 0 Å². The van der Waals surface area contributed by atoms with E-state index in [4.69, 9.17) is 4.74 Å². The number of nitriles is 1. The third-order valence-corrected chi connectivity index (χ3v) is 7.02. The molecule has 0 saturated heterocycles. The van der Waals surface area contributed by atoms with E-state index in [1.807, 2.05) is 12.1 Å². The molecule has 7 nitrogen and oxygen atoms in total. The highest BCUT2D eigenvalue weighted by Crippen LogP contribution is 2.25. The Labute approximate surface area is 197 Å². The number of sulfonamides is 1. The molecule has 0 spiro atoms. The largest absolute Gasteiger partial charge is 0.457 e. The Hall–Kier alpha value is -4.35. The van der Waals surface area contributed by atoms with Gasteiger partial charge in [-0.1, -0.05) is 36.4 Å². The number of hydrogen-bond donors (Lipinski definition) is 0. The average molecular weight is 472 g/mol. The zero-order valence-corrected chi connectivity index (χ0v) is 19.0. The number of fused-ring (bicyclic) bond motifs is 1. The van der Waals surface area contributed by atoms with E-state index in [0.29, 0.717) is 22.3 Å². The first kappa shape index (κ1) is 22.8. The van der Waals surface area contributed by atoms with E-state index >= 15 is 0 Å². The molecule has 2 heterocycles. The lowest BCUT2D eigenvalue weighted by molar-refractivity contribution is 0.0472. The average Bonchev–Trinajstić information content (AvgIpc) is 3.23. The number of benzene rings is 2. The quantitative estimate of drug-likeness (QED) is 0.278. The summed E-state index contributed by atoms with van der Waals surface area (Å²) in [5.74, 6) is -0.689. The first-order chi connectivity index (χ1) is 16.5. The summed E-state index contributed by atoms with van der Waals surface area (Å²) in [6.07, 6.45) is 5.03. The van der Waals surface area contributed by atoms with Gasteiger partial charge in [0.05, 0.1) is 33.8 Å². The van der Waals surface area contributed by atoms with Crippen molar-refractivity contribution in [2.75, 3.05) is 10.8 Å². The normalized spacial score (nSPS) is 11.0. The Morgan fingerprint density at radius 3 is 2.59 bits per heavy atom. The predicted molar refractivity (Wildman–Crippen MR) is 129 cm³/mol. The number of esters is 1. The van der Waals surface area contributed by atoms with Gasteiger partial charge in [-0.25, -0.2) is 13.2 Å². The van der Waals surface area contributed by atoms with E-state index in [1.165, 1.54) is 34.6 Å². The van der Waals surface area contributed by atoms with Crippen molar-refractivity contribution in [2.24, 2.45) is 0 Å². The van der Waals surface area contributed by atoms with Gasteiger partial charge < -0.3 is 9.14 Å². The number of aromatic nitrogens is 1. The molecular weight excluding hydrogens is 450 g/mol. The van der Waals surface area contributed by atoms with Gasteiger partial charge in [0, 0.05) is 18.0 Å². The Kier molecular flexibility index (Phi) is 6.48. The summed E-state index contributed by atoms with van der Waals surface area (Å²) in [5.41, 5.74) is 2.28. The number of carbonyl (C=O) groups is 1. The topological polar surface area (TPSA) is 91.9 Å². The van der Waals surface area contributed by atoms with Crippen LogP contribution in [0.3, 0.4) is 0 Å². The second kappa shape index (κ2) is 9.65. The number of carbonyl (C=O) groups excluding carboxylic acids is 1. The molecule has 170 valence electrons. The molecule has 0 bridgehead atoms. The van der Waals surface area contributed by atoms with Crippen LogP contribution < -0.4 is 4.31 Å². The minimum absolute atomic E-state index is 0.0417. The van der Waals surface area contributed by atoms with Gasteiger partial charge in [-0.15, -0.1) is 6.58 Å². The monoisotopic (exact) mass is 471 g/mol. The third kappa shape index (κ3) is 4.42. The molecule has 0 unspecified atom stereocenters. The van der Waals surface area contributed by atoms with E-state index in [2.05, 4.69) is 12.6 Å². The van der Waals surface area contributed by atoms with E-state index < -0.39 is 16.0 Å². The van der Waals surface area contributed by atoms with Gasteiger partial charge in [-0.3, -0.25) is 4.31 Å². The van der Waals surface area contributed by atoms with Gasteiger partial charge in [0.15, 0.2) is 0 Å². The first-order valence-corrected chi connectivity index (χ1v) is 11.8. The molecular formula is C26H21N3O4S. The number of nitrogens with zero attached hydrogens (tertiary/aromatic N) is 3. The van der Waals surface area contributed by atoms with Gasteiger partial charge in [-0.2, -0.15) is 5.26 Å². The molecule has 8 heteroatoms. The lowest BCUT2D eigenvalue weighted by Crippen LogP contribution is -2.31. The maximum absolute atomic E-state index is 13.3. The van der Waals surface area contributed by atoms with Gasteiger partial charge in [0.2, 0.25) is 0 Å². The summed E-state index contributed by atoms with van der Waals surface area (Å²) in [4.78, 5) is 12.7. The van der Waals surface area contributed by atoms with Crippen LogP contribution in [0.2, 0.25) is 0 Å². The predicted octanol–water partition coefficient (Wildman–Crippen LogP) is 4.55. The van der Waals surface area contributed by atoms with Crippen LogP contribution in [0.15, 0.2) is 103 Å². The van der Waals surface area contributed by atoms with E-state index in [9.17, 15) is 18.5 Å². The molecule has 0 saturated carbocycles. The third-order valence-electron chi connectivity index (χ3n) is 5.23. The Morgan fingerprint density at radius 1 is 1.09 bits per heavy atom. The molecule has 2 aromatic carbocycles. The molecule has 0 radical (unpaired) electrons. The number of para-hydroxylation sites is 1. The van der Waals surface area contributed by atoms with Gasteiger partial charge in [0.25, 0.3) is 10.0 Å². The van der Waals surface area contributed by atoms with Crippen molar-refractivity contribution >= 4 is 27.2 Å². The molecule has 0 fully saturated rings. The lowest BCUT2D eigenvalue weighted by atomic mass is 10.2. The van der Waals surface area contributed by atoms with Gasteiger partial charge >= 0.3 is 5.97 Å². The molecule has 0 atom stereocenters. The van der Waals surface area contributed by atoms with E-state index in [0.717, 1.165) is 0 Å². The number of anilines is 1. The minimum Gasteiger partial charge on any atom is -0.457 e. The molecule has 4 aromatic rings. The molecule has 4 rings (SSSR count). The standard InChI is InChI=1S/C26H21N3O4S/c1-2-14-29(22-10-4-3-5-11-22)34(31,32)23-12-8-9-20(16-23)26(30)33-19-21-18-28-15-7-6-13-25(28)24(21)17-27/h2-13,15-16,18H,1,14,19H2. The van der Waals surface area contributed by atoms with Crippen molar-refractivity contribution < 1.29 is 17.9 Å². The van der Waals surface area contributed by atoms with Crippen molar-refractivity contribution in [3.63, 3.8) is 0 Å². The highest BCUT2D eigenvalue weighted by atomic mass is 32.2. The highest BCUT2D eigenvalue weighted by molar-refractivity contribution is 7.92. The maximum atomic E-state index is 13.3. The zero-order chi connectivity index (χ0) is 24.1. The summed E-state index contributed by atoms with van der Waals surface area (Å²) < 4.78 is 35.1. The molecule has 0 aliphatic rings. The van der Waals surface area contributed by atoms with Crippen LogP contribution in [0.25, 0.3) is 5.52 Å². The molecule has 0 aliphatic carbocycles. The fourth-order valence-corrected chi connectivity index (χ4v) is 5.09. The molecule has 0 amide bonds. The summed E-state index contributed by atoms with van der Waals surface area (Å²) in [6.45, 7) is 3.61. The van der Waals surface area contributed by atoms with Crippen LogP contribution in [0, 0.1) is 11.3 Å². The number of pyridine rings is 1. The SMILES string of the molecule is C=CCN(c1ccccc1)S(=O)(=O)c1cccc(C(=O)OCc2cn3ccccc3c2C#N)c1. The first-order valence-electron chi connectivity index (χ1n) is 10.4. The van der Waals surface area contributed by atoms with Gasteiger partial charge in [0.1, 0.15) is 12.7 Å². The number of ether oxygens (including phenoxy) is 1. The Bertz CT molecular complexity index is 1500. The smallest absolute Gasteiger partial charge is 0.338 e. The summed E-state index contributed by atoms with van der Waals surface area (Å²) in [7, 11) is -3.96. The van der Waals surface area contributed by atoms with Crippen LogP contribution in [0.4, 0.5) is 5.69 Å². The van der Waals surface area contributed by atoms with Crippen molar-refractivity contribution in [3.8, 4) is 6.07 Å². The second-order valence-corrected chi connectivity index (χ2v) is 9.26. The van der Waals surface area contributed by atoms with Crippen molar-refractivity contribution in [2.45, 2.75) is 11.5 Å². The van der Waals surface area contributed by atoms with Crippen molar-refractivity contribution in [1.82, 2.24) is 4.40 Å². The molecule has 0 N–H and O–H groups in total. The lowest BCUT2D eigenvalue weighted by Gasteiger charge is -2.23. The maximum Gasteiger partial charge on any atom is 0.338 e. The summed E-state index contributed by atoms with van der Waals surface area (Å²) >= 11 is 0. The Balaban J connectivity index is 1.58. The van der Waals surface area contributed by atoms with Crippen molar-refractivity contribution in [1.29, 1.82) is 5.26 Å². The Morgan fingerprint density at radius 2 is 1.85 bits per heavy atom. The fraction of sp³-hybridized carbons (Fsp3) is 0.0769. The zero-order valence-electron chi connectivity index (χ0n) is 18.2. The van der Waals surface area contributed by atoms with Gasteiger partial charge in [-0.05, 0) is 42.5 Å². The number of rotatable bonds is 8. The van der Waals surface area contributed by atoms with Crippen LogP contribution in [0.1, 0.15) is 21.5 Å². The summed E-state index contributed by atoms with van der Waals surface area (Å²) in [5, 5.41) is 9.52.